The van der Waals surface area contributed by atoms with Crippen molar-refractivity contribution in [3.8, 4) is 0 Å². The van der Waals surface area contributed by atoms with E-state index in [1.165, 1.54) is 0 Å². The molecule has 0 aromatic rings. The molecule has 1 aliphatic heterocycles. The van der Waals surface area contributed by atoms with Crippen molar-refractivity contribution in [1.29, 1.82) is 0 Å². The van der Waals surface area contributed by atoms with Gasteiger partial charge in [0.25, 0.3) is 0 Å². The van der Waals surface area contributed by atoms with Gasteiger partial charge in [0.15, 0.2) is 0 Å². The van der Waals surface area contributed by atoms with Crippen LogP contribution in [0.4, 0.5) is 0 Å². The SMILES string of the molecule is CC.CCN1CCC=N1. The summed E-state index contributed by atoms with van der Waals surface area (Å²) in [6, 6.07) is 0. The van der Waals surface area contributed by atoms with Crippen LogP contribution >= 0.6 is 0 Å². The van der Waals surface area contributed by atoms with Crippen molar-refractivity contribution in [2.75, 3.05) is 13.1 Å². The van der Waals surface area contributed by atoms with Crippen LogP contribution in [0.5, 0.6) is 0 Å². The Morgan fingerprint density at radius 3 is 2.44 bits per heavy atom. The molecule has 0 bridgehead atoms. The van der Waals surface area contributed by atoms with E-state index in [9.17, 15) is 0 Å². The van der Waals surface area contributed by atoms with E-state index in [-0.39, 0.29) is 0 Å². The quantitative estimate of drug-likeness (QED) is 0.525. The summed E-state index contributed by atoms with van der Waals surface area (Å²) in [5.74, 6) is 0. The van der Waals surface area contributed by atoms with Gasteiger partial charge in [0.2, 0.25) is 0 Å². The fourth-order valence-corrected chi connectivity index (χ4v) is 0.677. The molecule has 0 aliphatic carbocycles. The van der Waals surface area contributed by atoms with Gasteiger partial charge in [-0.25, -0.2) is 0 Å². The first-order chi connectivity index (χ1) is 4.43. The number of hydrogen-bond acceptors (Lipinski definition) is 2. The summed E-state index contributed by atoms with van der Waals surface area (Å²) in [7, 11) is 0. The molecule has 0 aromatic heterocycles. The summed E-state index contributed by atoms with van der Waals surface area (Å²) in [6.45, 7) is 8.29. The Morgan fingerprint density at radius 2 is 2.22 bits per heavy atom. The Labute approximate surface area is 57.6 Å². The Kier molecular flexibility index (Phi) is 5.27. The van der Waals surface area contributed by atoms with Crippen LogP contribution in [0, 0.1) is 0 Å². The maximum absolute atomic E-state index is 4.06. The topological polar surface area (TPSA) is 15.6 Å². The zero-order valence-corrected chi connectivity index (χ0v) is 6.59. The molecule has 0 spiro atoms. The first-order valence-electron chi connectivity index (χ1n) is 3.71. The van der Waals surface area contributed by atoms with Crippen molar-refractivity contribution in [1.82, 2.24) is 5.01 Å². The van der Waals surface area contributed by atoms with Gasteiger partial charge in [-0.1, -0.05) is 13.8 Å². The minimum atomic E-state index is 1.05. The van der Waals surface area contributed by atoms with Gasteiger partial charge >= 0.3 is 0 Å². The van der Waals surface area contributed by atoms with Gasteiger partial charge in [0.05, 0.1) is 0 Å². The van der Waals surface area contributed by atoms with Crippen LogP contribution in [0.15, 0.2) is 5.10 Å². The highest BCUT2D eigenvalue weighted by Crippen LogP contribution is 1.96. The highest BCUT2D eigenvalue weighted by molar-refractivity contribution is 5.58. The normalized spacial score (nSPS) is 15.2. The van der Waals surface area contributed by atoms with Gasteiger partial charge in [0.1, 0.15) is 0 Å². The van der Waals surface area contributed by atoms with Crippen molar-refractivity contribution in [3.63, 3.8) is 0 Å². The second-order valence-electron chi connectivity index (χ2n) is 1.63. The van der Waals surface area contributed by atoms with E-state index in [1.807, 2.05) is 20.1 Å². The highest BCUT2D eigenvalue weighted by atomic mass is 15.5. The Morgan fingerprint density at radius 1 is 1.56 bits per heavy atom. The molecule has 0 aromatic carbocycles. The molecule has 0 unspecified atom stereocenters. The second kappa shape index (κ2) is 5.60. The molecule has 54 valence electrons. The summed E-state index contributed by atoms with van der Waals surface area (Å²) in [4.78, 5) is 0. The van der Waals surface area contributed by atoms with E-state index in [4.69, 9.17) is 0 Å². The molecule has 1 aliphatic rings. The number of hydrazone groups is 1. The fourth-order valence-electron chi connectivity index (χ4n) is 0.677. The van der Waals surface area contributed by atoms with E-state index in [2.05, 4.69) is 17.0 Å². The van der Waals surface area contributed by atoms with Gasteiger partial charge in [-0.05, 0) is 6.92 Å². The molecule has 2 nitrogen and oxygen atoms in total. The monoisotopic (exact) mass is 128 g/mol. The van der Waals surface area contributed by atoms with Crippen molar-refractivity contribution in [3.05, 3.63) is 0 Å². The first-order valence-corrected chi connectivity index (χ1v) is 3.71. The van der Waals surface area contributed by atoms with Crippen LogP contribution in [-0.4, -0.2) is 24.3 Å². The molecule has 0 saturated heterocycles. The van der Waals surface area contributed by atoms with E-state index >= 15 is 0 Å². The first kappa shape index (κ1) is 8.47. The Bertz CT molecular complexity index is 79.0. The van der Waals surface area contributed by atoms with Crippen molar-refractivity contribution in [2.24, 2.45) is 5.10 Å². The molecular formula is C7H16N2. The molecule has 0 N–H and O–H groups in total. The fraction of sp³-hybridized carbons (Fsp3) is 0.857. The lowest BCUT2D eigenvalue weighted by atomic mass is 10.5. The van der Waals surface area contributed by atoms with E-state index in [0.29, 0.717) is 0 Å². The maximum atomic E-state index is 4.06. The lowest BCUT2D eigenvalue weighted by Crippen LogP contribution is -2.11. The van der Waals surface area contributed by atoms with E-state index in [0.717, 1.165) is 19.5 Å². The van der Waals surface area contributed by atoms with E-state index in [1.54, 1.807) is 0 Å². The number of nitrogens with zero attached hydrogens (tertiary/aromatic N) is 2. The summed E-state index contributed by atoms with van der Waals surface area (Å²) in [5, 5.41) is 6.12. The standard InChI is InChI=1S/C5H10N2.C2H6/c1-2-7-5-3-4-6-7;1-2/h4H,2-3,5H2,1H3;1-2H3. The summed E-state index contributed by atoms with van der Waals surface area (Å²) in [5.41, 5.74) is 0. The Hall–Kier alpha value is -0.530. The average molecular weight is 128 g/mol. The van der Waals surface area contributed by atoms with Crippen LogP contribution in [0.3, 0.4) is 0 Å². The number of rotatable bonds is 1. The molecule has 9 heavy (non-hydrogen) atoms. The predicted octanol–water partition coefficient (Wildman–Crippen LogP) is 1.72. The molecule has 1 rings (SSSR count). The maximum Gasteiger partial charge on any atom is 0.0410 e. The number of hydrogen-bond donors (Lipinski definition) is 0. The lowest BCUT2D eigenvalue weighted by molar-refractivity contribution is 0.337. The third-order valence-electron chi connectivity index (χ3n) is 1.13. The average Bonchev–Trinajstić information content (AvgIpc) is 2.43. The van der Waals surface area contributed by atoms with Gasteiger partial charge in [0, 0.05) is 25.7 Å². The molecular weight excluding hydrogens is 112 g/mol. The molecule has 0 fully saturated rings. The van der Waals surface area contributed by atoms with E-state index < -0.39 is 0 Å². The van der Waals surface area contributed by atoms with Crippen LogP contribution in [0.25, 0.3) is 0 Å². The van der Waals surface area contributed by atoms with Gasteiger partial charge < -0.3 is 0 Å². The summed E-state index contributed by atoms with van der Waals surface area (Å²) in [6.07, 6.45) is 3.09. The van der Waals surface area contributed by atoms with Crippen molar-refractivity contribution >= 4 is 6.21 Å². The van der Waals surface area contributed by atoms with Crippen molar-refractivity contribution in [2.45, 2.75) is 27.2 Å². The van der Waals surface area contributed by atoms with Crippen LogP contribution in [-0.2, 0) is 0 Å². The van der Waals surface area contributed by atoms with Crippen molar-refractivity contribution < 1.29 is 0 Å². The second-order valence-corrected chi connectivity index (χ2v) is 1.63. The summed E-state index contributed by atoms with van der Waals surface area (Å²) >= 11 is 0. The summed E-state index contributed by atoms with van der Waals surface area (Å²) < 4.78 is 0. The lowest BCUT2D eigenvalue weighted by Gasteiger charge is -2.07. The zero-order chi connectivity index (χ0) is 7.11. The smallest absolute Gasteiger partial charge is 0.0410 e. The molecule has 1 heterocycles. The molecule has 0 saturated carbocycles. The van der Waals surface area contributed by atoms with Crippen LogP contribution in [0.2, 0.25) is 0 Å². The molecule has 0 atom stereocenters. The van der Waals surface area contributed by atoms with Crippen LogP contribution in [0.1, 0.15) is 27.2 Å². The van der Waals surface area contributed by atoms with Gasteiger partial charge in [-0.15, -0.1) is 0 Å². The van der Waals surface area contributed by atoms with Crippen LogP contribution < -0.4 is 0 Å². The molecule has 0 amide bonds. The predicted molar refractivity (Wildman–Crippen MR) is 41.7 cm³/mol. The Balaban J connectivity index is 0.000000291. The van der Waals surface area contributed by atoms with Gasteiger partial charge in [-0.3, -0.25) is 5.01 Å². The third kappa shape index (κ3) is 3.12. The molecule has 2 heteroatoms. The van der Waals surface area contributed by atoms with Gasteiger partial charge in [-0.2, -0.15) is 5.10 Å². The zero-order valence-electron chi connectivity index (χ0n) is 6.59. The third-order valence-corrected chi connectivity index (χ3v) is 1.13. The minimum Gasteiger partial charge on any atom is -0.297 e. The largest absolute Gasteiger partial charge is 0.297 e. The molecule has 0 radical (unpaired) electrons. The highest BCUT2D eigenvalue weighted by Gasteiger charge is 1.99. The minimum absolute atomic E-state index is 1.05.